The number of hydrogen-bond donors (Lipinski definition) is 1. The van der Waals surface area contributed by atoms with Crippen molar-refractivity contribution in [3.05, 3.63) is 48.0 Å². The summed E-state index contributed by atoms with van der Waals surface area (Å²) in [5.41, 5.74) is 2.40. The molecule has 1 fully saturated rings. The van der Waals surface area contributed by atoms with Gasteiger partial charge in [-0.05, 0) is 43.4 Å². The lowest BCUT2D eigenvalue weighted by molar-refractivity contribution is 0.189. The number of aromatic nitrogens is 2. The van der Waals surface area contributed by atoms with Crippen LogP contribution in [0.1, 0.15) is 37.4 Å². The lowest BCUT2D eigenvalue weighted by atomic mass is 9.93. The molecular formula is C21H32IN5O. The Morgan fingerprint density at radius 1 is 1.39 bits per heavy atom. The van der Waals surface area contributed by atoms with Crippen molar-refractivity contribution >= 4 is 29.9 Å². The van der Waals surface area contributed by atoms with E-state index in [9.17, 15) is 0 Å². The lowest BCUT2D eigenvalue weighted by Gasteiger charge is -2.39. The third-order valence-electron chi connectivity index (χ3n) is 5.33. The van der Waals surface area contributed by atoms with Gasteiger partial charge in [-0.2, -0.15) is 0 Å². The summed E-state index contributed by atoms with van der Waals surface area (Å²) in [6, 6.07) is 6.77. The number of nitrogens with zero attached hydrogens (tertiary/aromatic N) is 4. The average molecular weight is 497 g/mol. The minimum atomic E-state index is 0. The maximum Gasteiger partial charge on any atom is 0.193 e. The second kappa shape index (κ2) is 10.7. The quantitative estimate of drug-likeness (QED) is 0.387. The molecule has 154 valence electrons. The summed E-state index contributed by atoms with van der Waals surface area (Å²) in [7, 11) is 1.86. The van der Waals surface area contributed by atoms with Gasteiger partial charge in [-0.15, -0.1) is 24.0 Å². The number of aryl methyl sites for hydroxylation is 1. The summed E-state index contributed by atoms with van der Waals surface area (Å²) in [5.74, 6) is 2.54. The van der Waals surface area contributed by atoms with E-state index in [1.165, 1.54) is 5.56 Å². The van der Waals surface area contributed by atoms with Crippen molar-refractivity contribution in [2.45, 2.75) is 39.8 Å². The van der Waals surface area contributed by atoms with Crippen molar-refractivity contribution in [3.63, 3.8) is 0 Å². The summed E-state index contributed by atoms with van der Waals surface area (Å²) < 4.78 is 7.85. The fourth-order valence-corrected chi connectivity index (χ4v) is 3.75. The first-order chi connectivity index (χ1) is 13.1. The van der Waals surface area contributed by atoms with Gasteiger partial charge in [0.2, 0.25) is 0 Å². The molecule has 3 rings (SSSR count). The third-order valence-corrected chi connectivity index (χ3v) is 5.33. The Labute approximate surface area is 185 Å². The van der Waals surface area contributed by atoms with E-state index >= 15 is 0 Å². The normalized spacial score (nSPS) is 19.9. The molecule has 1 aromatic heterocycles. The molecule has 1 aliphatic heterocycles. The molecular weight excluding hydrogens is 465 g/mol. The number of nitrogens with one attached hydrogen (secondary N) is 1. The maximum atomic E-state index is 5.63. The van der Waals surface area contributed by atoms with Gasteiger partial charge >= 0.3 is 0 Å². The van der Waals surface area contributed by atoms with Gasteiger partial charge in [-0.1, -0.05) is 19.1 Å². The molecule has 1 aromatic carbocycles. The maximum absolute atomic E-state index is 5.63. The molecule has 2 unspecified atom stereocenters. The third kappa shape index (κ3) is 5.40. The Morgan fingerprint density at radius 2 is 2.21 bits per heavy atom. The van der Waals surface area contributed by atoms with E-state index in [1.807, 2.05) is 26.5 Å². The number of piperidine rings is 1. The summed E-state index contributed by atoms with van der Waals surface area (Å²) in [5, 5.41) is 3.53. The van der Waals surface area contributed by atoms with Crippen molar-refractivity contribution in [3.8, 4) is 5.75 Å². The number of halogens is 1. The predicted molar refractivity (Wildman–Crippen MR) is 125 cm³/mol. The van der Waals surface area contributed by atoms with E-state index in [0.717, 1.165) is 43.3 Å². The Kier molecular flexibility index (Phi) is 8.59. The van der Waals surface area contributed by atoms with Gasteiger partial charge in [0.1, 0.15) is 5.75 Å². The van der Waals surface area contributed by atoms with Gasteiger partial charge in [-0.3, -0.25) is 4.99 Å². The van der Waals surface area contributed by atoms with Crippen LogP contribution in [0.15, 0.2) is 41.9 Å². The number of ether oxygens (including phenoxy) is 1. The SMILES string of the molecule is CCOc1ccc(CNC(=NC)N2CCC(C)C(n3ccnc3)C2)cc1C.I. The highest BCUT2D eigenvalue weighted by atomic mass is 127. The molecule has 0 aliphatic carbocycles. The van der Waals surface area contributed by atoms with Crippen molar-refractivity contribution in [2.24, 2.45) is 10.9 Å². The first-order valence-electron chi connectivity index (χ1n) is 9.77. The molecule has 0 radical (unpaired) electrons. The molecule has 6 nitrogen and oxygen atoms in total. The summed E-state index contributed by atoms with van der Waals surface area (Å²) >= 11 is 0. The second-order valence-electron chi connectivity index (χ2n) is 7.22. The molecule has 0 saturated carbocycles. The van der Waals surface area contributed by atoms with Crippen LogP contribution in [-0.4, -0.2) is 47.2 Å². The number of guanidine groups is 1. The molecule has 1 saturated heterocycles. The molecule has 2 atom stereocenters. The van der Waals surface area contributed by atoms with Crippen molar-refractivity contribution in [1.82, 2.24) is 19.8 Å². The van der Waals surface area contributed by atoms with Gasteiger partial charge in [0.15, 0.2) is 5.96 Å². The number of benzene rings is 1. The molecule has 7 heteroatoms. The van der Waals surface area contributed by atoms with E-state index < -0.39 is 0 Å². The fourth-order valence-electron chi connectivity index (χ4n) is 3.75. The molecule has 0 bridgehead atoms. The van der Waals surface area contributed by atoms with Gasteiger partial charge in [0.25, 0.3) is 0 Å². The highest BCUT2D eigenvalue weighted by Gasteiger charge is 2.28. The molecule has 0 spiro atoms. The Balaban J connectivity index is 0.00000280. The molecule has 1 aliphatic rings. The van der Waals surface area contributed by atoms with Crippen LogP contribution in [0, 0.1) is 12.8 Å². The van der Waals surface area contributed by atoms with Crippen molar-refractivity contribution < 1.29 is 4.74 Å². The van der Waals surface area contributed by atoms with Crippen LogP contribution >= 0.6 is 24.0 Å². The number of rotatable bonds is 5. The predicted octanol–water partition coefficient (Wildman–Crippen LogP) is 3.87. The van der Waals surface area contributed by atoms with Crippen LogP contribution < -0.4 is 10.1 Å². The topological polar surface area (TPSA) is 54.7 Å². The van der Waals surface area contributed by atoms with Crippen LogP contribution in [0.5, 0.6) is 5.75 Å². The molecule has 2 heterocycles. The van der Waals surface area contributed by atoms with Crippen LogP contribution in [0.2, 0.25) is 0 Å². The van der Waals surface area contributed by atoms with Gasteiger partial charge in [0.05, 0.1) is 19.0 Å². The van der Waals surface area contributed by atoms with E-state index in [2.05, 4.69) is 63.0 Å². The first kappa shape index (κ1) is 22.5. The van der Waals surface area contributed by atoms with Crippen LogP contribution in [0.25, 0.3) is 0 Å². The molecule has 0 amide bonds. The average Bonchev–Trinajstić information content (AvgIpc) is 3.20. The van der Waals surface area contributed by atoms with Gasteiger partial charge in [0, 0.05) is 39.1 Å². The summed E-state index contributed by atoms with van der Waals surface area (Å²) in [6.45, 7) is 9.83. The number of imidazole rings is 1. The minimum Gasteiger partial charge on any atom is -0.494 e. The highest BCUT2D eigenvalue weighted by Crippen LogP contribution is 2.27. The van der Waals surface area contributed by atoms with E-state index in [4.69, 9.17) is 4.74 Å². The summed E-state index contributed by atoms with van der Waals surface area (Å²) in [6.07, 6.45) is 6.98. The minimum absolute atomic E-state index is 0. The first-order valence-corrected chi connectivity index (χ1v) is 9.77. The number of likely N-dealkylation sites (tertiary alicyclic amines) is 1. The Hall–Kier alpha value is -1.77. The molecule has 28 heavy (non-hydrogen) atoms. The number of hydrogen-bond acceptors (Lipinski definition) is 3. The van der Waals surface area contributed by atoms with E-state index in [-0.39, 0.29) is 24.0 Å². The summed E-state index contributed by atoms with van der Waals surface area (Å²) in [4.78, 5) is 11.1. The fraction of sp³-hybridized carbons (Fsp3) is 0.524. The Bertz CT molecular complexity index is 762. The number of aliphatic imine (C=N–C) groups is 1. The standard InChI is InChI=1S/C21H31N5O.HI/c1-5-27-20-7-6-18(12-17(20)3)13-24-21(22-4)25-10-8-16(2)19(14-25)26-11-9-23-15-26;/h6-7,9,11-12,15-16,19H,5,8,10,13-14H2,1-4H3,(H,22,24);1H. The van der Waals surface area contributed by atoms with Gasteiger partial charge < -0.3 is 19.5 Å². The van der Waals surface area contributed by atoms with E-state index in [0.29, 0.717) is 18.6 Å². The second-order valence-corrected chi connectivity index (χ2v) is 7.22. The molecule has 1 N–H and O–H groups in total. The van der Waals surface area contributed by atoms with Crippen LogP contribution in [0.3, 0.4) is 0 Å². The Morgan fingerprint density at radius 3 is 2.86 bits per heavy atom. The van der Waals surface area contributed by atoms with Crippen molar-refractivity contribution in [2.75, 3.05) is 26.7 Å². The van der Waals surface area contributed by atoms with Crippen LogP contribution in [0.4, 0.5) is 0 Å². The highest BCUT2D eigenvalue weighted by molar-refractivity contribution is 14.0. The zero-order chi connectivity index (χ0) is 19.2. The van der Waals surface area contributed by atoms with Crippen molar-refractivity contribution in [1.29, 1.82) is 0 Å². The monoisotopic (exact) mass is 497 g/mol. The molecule has 2 aromatic rings. The van der Waals surface area contributed by atoms with Gasteiger partial charge in [-0.25, -0.2) is 4.98 Å². The zero-order valence-electron chi connectivity index (χ0n) is 17.3. The zero-order valence-corrected chi connectivity index (χ0v) is 19.6. The van der Waals surface area contributed by atoms with Crippen LogP contribution in [-0.2, 0) is 6.54 Å². The smallest absolute Gasteiger partial charge is 0.193 e. The largest absolute Gasteiger partial charge is 0.494 e. The lowest BCUT2D eigenvalue weighted by Crippen LogP contribution is -2.48. The van der Waals surface area contributed by atoms with E-state index in [1.54, 1.807) is 0 Å².